The summed E-state index contributed by atoms with van der Waals surface area (Å²) in [5, 5.41) is 11.8. The number of carboxylic acid groups (broad SMARTS) is 1. The zero-order valence-corrected chi connectivity index (χ0v) is 13.2. The van der Waals surface area contributed by atoms with E-state index >= 15 is 0 Å². The van der Waals surface area contributed by atoms with E-state index in [1.807, 2.05) is 38.1 Å². The van der Waals surface area contributed by atoms with E-state index in [-0.39, 0.29) is 17.2 Å². The molecule has 0 bridgehead atoms. The molecule has 114 valence electrons. The summed E-state index contributed by atoms with van der Waals surface area (Å²) >= 11 is 1.41. The molecule has 4 nitrogen and oxygen atoms in total. The van der Waals surface area contributed by atoms with Crippen LogP contribution in [0, 0.1) is 13.8 Å². The van der Waals surface area contributed by atoms with Crippen LogP contribution >= 0.6 is 11.8 Å². The summed E-state index contributed by atoms with van der Waals surface area (Å²) in [6, 6.07) is 12.8. The number of carbonyl (C=O) groups is 2. The van der Waals surface area contributed by atoms with E-state index in [2.05, 4.69) is 5.32 Å². The monoisotopic (exact) mass is 315 g/mol. The summed E-state index contributed by atoms with van der Waals surface area (Å²) in [6.45, 7) is 3.82. The van der Waals surface area contributed by atoms with E-state index in [0.29, 0.717) is 5.69 Å². The van der Waals surface area contributed by atoms with Crippen molar-refractivity contribution >= 4 is 29.3 Å². The van der Waals surface area contributed by atoms with E-state index in [1.165, 1.54) is 17.3 Å². The molecule has 2 N–H and O–H groups in total. The lowest BCUT2D eigenvalue weighted by Crippen LogP contribution is -2.16. The van der Waals surface area contributed by atoms with Gasteiger partial charge in [-0.3, -0.25) is 4.79 Å². The molecule has 0 aromatic heterocycles. The minimum Gasteiger partial charge on any atom is -0.478 e. The van der Waals surface area contributed by atoms with Gasteiger partial charge in [0.25, 0.3) is 0 Å². The first-order chi connectivity index (χ1) is 10.5. The highest BCUT2D eigenvalue weighted by atomic mass is 32.2. The Morgan fingerprint density at radius 2 is 1.68 bits per heavy atom. The van der Waals surface area contributed by atoms with Crippen LogP contribution < -0.4 is 5.32 Å². The minimum absolute atomic E-state index is 0.105. The van der Waals surface area contributed by atoms with Crippen LogP contribution in [0.3, 0.4) is 0 Å². The molecule has 0 radical (unpaired) electrons. The van der Waals surface area contributed by atoms with Gasteiger partial charge in [0.1, 0.15) is 0 Å². The van der Waals surface area contributed by atoms with Crippen LogP contribution in [0.25, 0.3) is 0 Å². The first-order valence-electron chi connectivity index (χ1n) is 6.79. The maximum absolute atomic E-state index is 12.0. The summed E-state index contributed by atoms with van der Waals surface area (Å²) in [5.41, 5.74) is 2.44. The molecule has 0 spiro atoms. The van der Waals surface area contributed by atoms with Gasteiger partial charge in [-0.1, -0.05) is 29.3 Å². The molecule has 2 rings (SSSR count). The SMILES string of the molecule is Cc1ccc(SCC(=O)Nc2ccc(C)cc2C(=O)O)cc1. The van der Waals surface area contributed by atoms with Crippen molar-refractivity contribution in [3.63, 3.8) is 0 Å². The van der Waals surface area contributed by atoms with Crippen LogP contribution in [0.2, 0.25) is 0 Å². The van der Waals surface area contributed by atoms with Gasteiger partial charge in [-0.2, -0.15) is 0 Å². The van der Waals surface area contributed by atoms with Gasteiger partial charge in [-0.25, -0.2) is 4.79 Å². The Bertz CT molecular complexity index is 696. The van der Waals surface area contributed by atoms with E-state index in [1.54, 1.807) is 18.2 Å². The third-order valence-corrected chi connectivity index (χ3v) is 4.08. The Morgan fingerprint density at radius 1 is 1.05 bits per heavy atom. The Hall–Kier alpha value is -2.27. The molecular formula is C17H17NO3S. The second-order valence-corrected chi connectivity index (χ2v) is 6.05. The third kappa shape index (κ3) is 4.36. The zero-order valence-electron chi connectivity index (χ0n) is 12.4. The fourth-order valence-electron chi connectivity index (χ4n) is 1.91. The molecule has 1 amide bonds. The normalized spacial score (nSPS) is 10.3. The Labute approximate surface area is 133 Å². The van der Waals surface area contributed by atoms with Crippen LogP contribution in [0.15, 0.2) is 47.4 Å². The quantitative estimate of drug-likeness (QED) is 0.825. The number of hydrogen-bond acceptors (Lipinski definition) is 3. The molecule has 0 saturated heterocycles. The molecular weight excluding hydrogens is 298 g/mol. The zero-order chi connectivity index (χ0) is 16.1. The van der Waals surface area contributed by atoms with Gasteiger partial charge < -0.3 is 10.4 Å². The lowest BCUT2D eigenvalue weighted by atomic mass is 10.1. The summed E-state index contributed by atoms with van der Waals surface area (Å²) in [6.07, 6.45) is 0. The van der Waals surface area contributed by atoms with Crippen molar-refractivity contribution < 1.29 is 14.7 Å². The van der Waals surface area contributed by atoms with Crippen LogP contribution in [0.5, 0.6) is 0 Å². The molecule has 2 aromatic rings. The largest absolute Gasteiger partial charge is 0.478 e. The number of benzene rings is 2. The molecule has 0 saturated carbocycles. The number of thioether (sulfide) groups is 1. The highest BCUT2D eigenvalue weighted by Crippen LogP contribution is 2.20. The molecule has 5 heteroatoms. The van der Waals surface area contributed by atoms with E-state index in [4.69, 9.17) is 0 Å². The molecule has 0 aliphatic carbocycles. The molecule has 0 atom stereocenters. The molecule has 0 aliphatic rings. The minimum atomic E-state index is -1.05. The number of amides is 1. The molecule has 0 unspecified atom stereocenters. The average Bonchev–Trinajstić information content (AvgIpc) is 2.48. The summed E-state index contributed by atoms with van der Waals surface area (Å²) in [5.74, 6) is -1.04. The fourth-order valence-corrected chi connectivity index (χ4v) is 2.61. The first-order valence-corrected chi connectivity index (χ1v) is 7.77. The van der Waals surface area contributed by atoms with Gasteiger partial charge in [0.15, 0.2) is 0 Å². The van der Waals surface area contributed by atoms with E-state index < -0.39 is 5.97 Å². The van der Waals surface area contributed by atoms with Crippen LogP contribution in [0.4, 0.5) is 5.69 Å². The number of hydrogen-bond donors (Lipinski definition) is 2. The number of aryl methyl sites for hydroxylation is 2. The van der Waals surface area contributed by atoms with Crippen molar-refractivity contribution in [2.45, 2.75) is 18.7 Å². The van der Waals surface area contributed by atoms with Gasteiger partial charge in [0.05, 0.1) is 17.0 Å². The van der Waals surface area contributed by atoms with Gasteiger partial charge in [0, 0.05) is 4.90 Å². The van der Waals surface area contributed by atoms with Crippen molar-refractivity contribution in [2.75, 3.05) is 11.1 Å². The molecule has 0 heterocycles. The number of aromatic carboxylic acids is 1. The van der Waals surface area contributed by atoms with Gasteiger partial charge in [-0.15, -0.1) is 11.8 Å². The standard InChI is InChI=1S/C17H17NO3S/c1-11-3-6-13(7-4-11)22-10-16(19)18-15-8-5-12(2)9-14(15)17(20)21/h3-9H,10H2,1-2H3,(H,18,19)(H,20,21). The molecule has 2 aromatic carbocycles. The summed E-state index contributed by atoms with van der Waals surface area (Å²) in [7, 11) is 0. The van der Waals surface area contributed by atoms with Crippen LogP contribution in [0.1, 0.15) is 21.5 Å². The predicted octanol–water partition coefficient (Wildman–Crippen LogP) is 3.73. The highest BCUT2D eigenvalue weighted by Gasteiger charge is 2.12. The topological polar surface area (TPSA) is 66.4 Å². The lowest BCUT2D eigenvalue weighted by molar-refractivity contribution is -0.113. The van der Waals surface area contributed by atoms with Gasteiger partial charge in [-0.05, 0) is 38.1 Å². The second kappa shape index (κ2) is 7.13. The highest BCUT2D eigenvalue weighted by molar-refractivity contribution is 8.00. The van der Waals surface area contributed by atoms with Gasteiger partial charge >= 0.3 is 5.97 Å². The molecule has 0 fully saturated rings. The lowest BCUT2D eigenvalue weighted by Gasteiger charge is -2.09. The number of carbonyl (C=O) groups excluding carboxylic acids is 1. The smallest absolute Gasteiger partial charge is 0.337 e. The van der Waals surface area contributed by atoms with Gasteiger partial charge in [0.2, 0.25) is 5.91 Å². The van der Waals surface area contributed by atoms with Crippen molar-refractivity contribution in [2.24, 2.45) is 0 Å². The number of carboxylic acids is 1. The van der Waals surface area contributed by atoms with Crippen LogP contribution in [-0.4, -0.2) is 22.7 Å². The van der Waals surface area contributed by atoms with Crippen molar-refractivity contribution in [3.8, 4) is 0 Å². The first kappa shape index (κ1) is 16.1. The maximum Gasteiger partial charge on any atom is 0.337 e. The average molecular weight is 315 g/mol. The van der Waals surface area contributed by atoms with E-state index in [0.717, 1.165) is 10.5 Å². The van der Waals surface area contributed by atoms with E-state index in [9.17, 15) is 14.7 Å². The summed E-state index contributed by atoms with van der Waals surface area (Å²) < 4.78 is 0. The summed E-state index contributed by atoms with van der Waals surface area (Å²) in [4.78, 5) is 24.2. The molecule has 22 heavy (non-hydrogen) atoms. The fraction of sp³-hybridized carbons (Fsp3) is 0.176. The van der Waals surface area contributed by atoms with Crippen molar-refractivity contribution in [3.05, 3.63) is 59.2 Å². The predicted molar refractivity (Wildman–Crippen MR) is 88.7 cm³/mol. The number of anilines is 1. The Balaban J connectivity index is 2.00. The number of rotatable bonds is 5. The molecule has 0 aliphatic heterocycles. The number of nitrogens with one attached hydrogen (secondary N) is 1. The van der Waals surface area contributed by atoms with Crippen molar-refractivity contribution in [1.29, 1.82) is 0 Å². The third-order valence-electron chi connectivity index (χ3n) is 3.07. The Morgan fingerprint density at radius 3 is 2.32 bits per heavy atom. The van der Waals surface area contributed by atoms with Crippen molar-refractivity contribution in [1.82, 2.24) is 0 Å². The second-order valence-electron chi connectivity index (χ2n) is 5.00. The maximum atomic E-state index is 12.0. The Kier molecular flexibility index (Phi) is 5.22. The van der Waals surface area contributed by atoms with Crippen LogP contribution in [-0.2, 0) is 4.79 Å².